The van der Waals surface area contributed by atoms with E-state index in [0.717, 1.165) is 30.5 Å². The van der Waals surface area contributed by atoms with E-state index in [9.17, 15) is 22.0 Å². The number of hydrogen-bond donors (Lipinski definition) is 1. The molecule has 0 saturated heterocycles. The summed E-state index contributed by atoms with van der Waals surface area (Å²) in [5.74, 6) is -3.42. The number of carbonyl (C=O) groups is 1. The summed E-state index contributed by atoms with van der Waals surface area (Å²) in [5, 5.41) is 14.4. The van der Waals surface area contributed by atoms with E-state index in [1.807, 2.05) is 6.07 Å². The van der Waals surface area contributed by atoms with Crippen molar-refractivity contribution in [3.8, 4) is 11.4 Å². The Morgan fingerprint density at radius 2 is 1.86 bits per heavy atom. The fourth-order valence-electron chi connectivity index (χ4n) is 2.79. The topological polar surface area (TPSA) is 107 Å². The van der Waals surface area contributed by atoms with E-state index in [2.05, 4.69) is 20.8 Å². The largest absolute Gasteiger partial charge is 0.341 e. The number of rotatable bonds is 6. The van der Waals surface area contributed by atoms with Crippen LogP contribution in [0.3, 0.4) is 0 Å². The lowest BCUT2D eigenvalue weighted by atomic mass is 10.1. The van der Waals surface area contributed by atoms with Gasteiger partial charge in [-0.2, -0.15) is 8.78 Å². The molecule has 1 amide bonds. The van der Waals surface area contributed by atoms with E-state index in [0.29, 0.717) is 17.6 Å². The Morgan fingerprint density at radius 1 is 1.14 bits per heavy atom. The highest BCUT2D eigenvalue weighted by Gasteiger charge is 2.28. The Hall–Kier alpha value is -3.21. The second-order valence-corrected chi connectivity index (χ2v) is 8.46. The summed E-state index contributed by atoms with van der Waals surface area (Å²) >= 11 is 0. The SMILES string of the molecule is O=C(Nc1cccc(-c2nnnn2C2CC2)c1)c1ccc(S(=O)(=O)C(F)F)cc1. The molecular weight excluding hydrogens is 404 g/mol. The molecule has 2 aromatic carbocycles. The summed E-state index contributed by atoms with van der Waals surface area (Å²) < 4.78 is 49.9. The van der Waals surface area contributed by atoms with E-state index in [1.165, 1.54) is 12.1 Å². The summed E-state index contributed by atoms with van der Waals surface area (Å²) in [6.07, 6.45) is 2.04. The van der Waals surface area contributed by atoms with Crippen molar-refractivity contribution in [1.82, 2.24) is 20.2 Å². The number of aromatic nitrogens is 4. The van der Waals surface area contributed by atoms with Gasteiger partial charge in [0, 0.05) is 16.8 Å². The van der Waals surface area contributed by atoms with E-state index >= 15 is 0 Å². The van der Waals surface area contributed by atoms with Crippen LogP contribution in [0.2, 0.25) is 0 Å². The minimum absolute atomic E-state index is 0.131. The van der Waals surface area contributed by atoms with Crippen LogP contribution in [0.4, 0.5) is 14.5 Å². The molecule has 0 radical (unpaired) electrons. The molecule has 3 aromatic rings. The Labute approximate surface area is 164 Å². The Kier molecular flexibility index (Phi) is 4.82. The van der Waals surface area contributed by atoms with Crippen LogP contribution >= 0.6 is 0 Å². The first-order valence-electron chi connectivity index (χ1n) is 8.68. The lowest BCUT2D eigenvalue weighted by Crippen LogP contribution is -2.14. The van der Waals surface area contributed by atoms with Gasteiger partial charge in [0.05, 0.1) is 10.9 Å². The molecule has 1 aromatic heterocycles. The molecule has 0 unspecified atom stereocenters. The van der Waals surface area contributed by atoms with E-state index in [-0.39, 0.29) is 5.56 Å². The average molecular weight is 419 g/mol. The van der Waals surface area contributed by atoms with Crippen molar-refractivity contribution in [2.75, 3.05) is 5.32 Å². The summed E-state index contributed by atoms with van der Waals surface area (Å²) in [7, 11) is -4.70. The number of alkyl halides is 2. The summed E-state index contributed by atoms with van der Waals surface area (Å²) in [4.78, 5) is 11.9. The molecule has 1 saturated carbocycles. The number of benzene rings is 2. The average Bonchev–Trinajstić information content (AvgIpc) is 3.44. The molecule has 29 heavy (non-hydrogen) atoms. The monoisotopic (exact) mass is 419 g/mol. The molecule has 4 rings (SSSR count). The molecule has 1 heterocycles. The van der Waals surface area contributed by atoms with Crippen molar-refractivity contribution < 1.29 is 22.0 Å². The first-order chi connectivity index (χ1) is 13.9. The molecular formula is C18H15F2N5O3S. The minimum Gasteiger partial charge on any atom is -0.322 e. The summed E-state index contributed by atoms with van der Waals surface area (Å²) in [5.41, 5.74) is 1.35. The molecule has 150 valence electrons. The van der Waals surface area contributed by atoms with Gasteiger partial charge in [-0.1, -0.05) is 12.1 Å². The third kappa shape index (κ3) is 3.86. The van der Waals surface area contributed by atoms with Gasteiger partial charge in [0.1, 0.15) is 0 Å². The highest BCUT2D eigenvalue weighted by Crippen LogP contribution is 2.36. The molecule has 1 fully saturated rings. The molecule has 0 atom stereocenters. The lowest BCUT2D eigenvalue weighted by Gasteiger charge is -2.09. The van der Waals surface area contributed by atoms with Crippen LogP contribution < -0.4 is 5.32 Å². The molecule has 11 heteroatoms. The van der Waals surface area contributed by atoms with Crippen LogP contribution in [0, 0.1) is 0 Å². The Bertz CT molecular complexity index is 1160. The quantitative estimate of drug-likeness (QED) is 0.658. The fourth-order valence-corrected chi connectivity index (χ4v) is 3.51. The van der Waals surface area contributed by atoms with Gasteiger partial charge in [0.15, 0.2) is 5.82 Å². The minimum atomic E-state index is -4.70. The first kappa shape index (κ1) is 19.1. The zero-order valence-electron chi connectivity index (χ0n) is 14.9. The molecule has 0 bridgehead atoms. The van der Waals surface area contributed by atoms with Crippen molar-refractivity contribution in [3.63, 3.8) is 0 Å². The number of nitrogens with one attached hydrogen (secondary N) is 1. The van der Waals surface area contributed by atoms with Gasteiger partial charge in [-0.25, -0.2) is 13.1 Å². The molecule has 1 aliphatic rings. The lowest BCUT2D eigenvalue weighted by molar-refractivity contribution is 0.102. The molecule has 1 aliphatic carbocycles. The van der Waals surface area contributed by atoms with Crippen LogP contribution in [0.25, 0.3) is 11.4 Å². The van der Waals surface area contributed by atoms with Crippen molar-refractivity contribution in [3.05, 3.63) is 54.1 Å². The third-order valence-electron chi connectivity index (χ3n) is 4.44. The van der Waals surface area contributed by atoms with E-state index in [4.69, 9.17) is 0 Å². The smallest absolute Gasteiger partial charge is 0.322 e. The van der Waals surface area contributed by atoms with E-state index < -0.39 is 26.4 Å². The number of halogens is 2. The van der Waals surface area contributed by atoms with Crippen LogP contribution in [-0.4, -0.2) is 40.3 Å². The van der Waals surface area contributed by atoms with Gasteiger partial charge in [-0.3, -0.25) is 4.79 Å². The second kappa shape index (κ2) is 7.32. The number of nitrogens with zero attached hydrogens (tertiary/aromatic N) is 4. The highest BCUT2D eigenvalue weighted by molar-refractivity contribution is 7.91. The normalized spacial score (nSPS) is 14.2. The van der Waals surface area contributed by atoms with Crippen molar-refractivity contribution >= 4 is 21.4 Å². The zero-order valence-corrected chi connectivity index (χ0v) is 15.7. The molecule has 8 nitrogen and oxygen atoms in total. The fraction of sp³-hybridized carbons (Fsp3) is 0.222. The van der Waals surface area contributed by atoms with Gasteiger partial charge in [-0.15, -0.1) is 5.10 Å². The number of tetrazole rings is 1. The number of amides is 1. The van der Waals surface area contributed by atoms with Crippen LogP contribution in [0.15, 0.2) is 53.4 Å². The Morgan fingerprint density at radius 3 is 2.52 bits per heavy atom. The molecule has 1 N–H and O–H groups in total. The van der Waals surface area contributed by atoms with Crippen molar-refractivity contribution in [2.24, 2.45) is 0 Å². The third-order valence-corrected chi connectivity index (χ3v) is 5.84. The van der Waals surface area contributed by atoms with Crippen molar-refractivity contribution in [1.29, 1.82) is 0 Å². The maximum absolute atomic E-state index is 12.6. The van der Waals surface area contributed by atoms with Gasteiger partial charge in [0.2, 0.25) is 9.84 Å². The number of hydrogen-bond acceptors (Lipinski definition) is 6. The van der Waals surface area contributed by atoms with Crippen LogP contribution in [0.5, 0.6) is 0 Å². The second-order valence-electron chi connectivity index (χ2n) is 6.54. The van der Waals surface area contributed by atoms with Gasteiger partial charge in [0.25, 0.3) is 5.91 Å². The molecule has 0 aliphatic heterocycles. The highest BCUT2D eigenvalue weighted by atomic mass is 32.2. The van der Waals surface area contributed by atoms with Crippen LogP contribution in [0.1, 0.15) is 29.2 Å². The maximum atomic E-state index is 12.6. The van der Waals surface area contributed by atoms with E-state index in [1.54, 1.807) is 22.9 Å². The number of sulfone groups is 1. The van der Waals surface area contributed by atoms with Crippen molar-refractivity contribution in [2.45, 2.75) is 29.5 Å². The first-order valence-corrected chi connectivity index (χ1v) is 10.2. The standard InChI is InChI=1S/C18H15F2N5O3S/c19-18(20)29(27,28)15-8-4-11(5-9-15)17(26)21-13-3-1-2-12(10-13)16-22-23-24-25(16)14-6-7-14/h1-5,8-10,14,18H,6-7H2,(H,21,26). The predicted molar refractivity (Wildman–Crippen MR) is 99.1 cm³/mol. The summed E-state index contributed by atoms with van der Waals surface area (Å²) in [6, 6.07) is 11.6. The maximum Gasteiger partial charge on any atom is 0.341 e. The predicted octanol–water partition coefficient (Wildman–Crippen LogP) is 2.92. The number of anilines is 1. The van der Waals surface area contributed by atoms with Gasteiger partial charge in [-0.05, 0) is 59.7 Å². The number of carbonyl (C=O) groups excluding carboxylic acids is 1. The van der Waals surface area contributed by atoms with Gasteiger partial charge < -0.3 is 5.32 Å². The van der Waals surface area contributed by atoms with Gasteiger partial charge >= 0.3 is 5.76 Å². The molecule has 0 spiro atoms. The Balaban J connectivity index is 1.52. The zero-order chi connectivity index (χ0) is 20.6. The van der Waals surface area contributed by atoms with Crippen LogP contribution in [-0.2, 0) is 9.84 Å². The summed E-state index contributed by atoms with van der Waals surface area (Å²) in [6.45, 7) is 0.